The smallest absolute Gasteiger partial charge is 0.261 e. The molecule has 0 aliphatic heterocycles. The zero-order valence-electron chi connectivity index (χ0n) is 10.5. The summed E-state index contributed by atoms with van der Waals surface area (Å²) in [6, 6.07) is 10.0. The molecule has 20 heavy (non-hydrogen) atoms. The third kappa shape index (κ3) is 3.94. The van der Waals surface area contributed by atoms with Gasteiger partial charge in [-0.3, -0.25) is 4.98 Å². The molecular weight excluding hydrogens is 366 g/mol. The van der Waals surface area contributed by atoms with Crippen LogP contribution < -0.4 is 4.74 Å². The van der Waals surface area contributed by atoms with Gasteiger partial charge in [0.05, 0.1) is 15.1 Å². The molecule has 0 aliphatic carbocycles. The van der Waals surface area contributed by atoms with Crippen molar-refractivity contribution in [2.24, 2.45) is 0 Å². The fourth-order valence-electron chi connectivity index (χ4n) is 1.58. The third-order valence-corrected chi connectivity index (χ3v) is 4.48. The van der Waals surface area contributed by atoms with E-state index in [-0.39, 0.29) is 4.90 Å². The van der Waals surface area contributed by atoms with Gasteiger partial charge in [-0.25, -0.2) is 8.42 Å². The number of halogens is 2. The van der Waals surface area contributed by atoms with Gasteiger partial charge < -0.3 is 4.74 Å². The molecule has 0 unspecified atom stereocenters. The molecule has 1 aromatic heterocycles. The van der Waals surface area contributed by atoms with Crippen molar-refractivity contribution >= 4 is 35.7 Å². The van der Waals surface area contributed by atoms with Crippen molar-refractivity contribution in [3.63, 3.8) is 0 Å². The van der Waals surface area contributed by atoms with E-state index in [1.165, 1.54) is 12.1 Å². The molecule has 0 bridgehead atoms. The molecule has 0 amide bonds. The van der Waals surface area contributed by atoms with E-state index in [4.69, 9.17) is 15.4 Å². The zero-order chi connectivity index (χ0) is 14.8. The van der Waals surface area contributed by atoms with Crippen LogP contribution in [0.5, 0.6) is 5.75 Å². The standard InChI is InChI=1S/C13H11BrClNO3S/c1-9-3-2-4-10(16-9)8-19-13-6-5-11(7-12(13)14)20(15,17)18/h2-7H,8H2,1H3. The van der Waals surface area contributed by atoms with Gasteiger partial charge in [0.15, 0.2) is 0 Å². The summed E-state index contributed by atoms with van der Waals surface area (Å²) < 4.78 is 28.5. The third-order valence-electron chi connectivity index (χ3n) is 2.51. The Morgan fingerprint density at radius 3 is 2.65 bits per heavy atom. The van der Waals surface area contributed by atoms with Crippen LogP contribution in [0.15, 0.2) is 45.8 Å². The van der Waals surface area contributed by atoms with Crippen LogP contribution in [-0.4, -0.2) is 13.4 Å². The number of pyridine rings is 1. The first-order chi connectivity index (χ1) is 9.36. The lowest BCUT2D eigenvalue weighted by atomic mass is 10.3. The van der Waals surface area contributed by atoms with Crippen LogP contribution in [0.4, 0.5) is 0 Å². The second-order valence-electron chi connectivity index (χ2n) is 4.09. The molecule has 2 rings (SSSR count). The predicted octanol–water partition coefficient (Wildman–Crippen LogP) is 3.66. The van der Waals surface area contributed by atoms with Gasteiger partial charge in [0.25, 0.3) is 9.05 Å². The average Bonchev–Trinajstić information content (AvgIpc) is 2.36. The Bertz CT molecular complexity index is 734. The van der Waals surface area contributed by atoms with Crippen molar-refractivity contribution in [3.8, 4) is 5.75 Å². The van der Waals surface area contributed by atoms with Gasteiger partial charge in [0.1, 0.15) is 12.4 Å². The lowest BCUT2D eigenvalue weighted by Crippen LogP contribution is -2.00. The van der Waals surface area contributed by atoms with Gasteiger partial charge >= 0.3 is 0 Å². The number of hydrogen-bond acceptors (Lipinski definition) is 4. The quantitative estimate of drug-likeness (QED) is 0.764. The molecule has 4 nitrogen and oxygen atoms in total. The fourth-order valence-corrected chi connectivity index (χ4v) is 3.00. The Balaban J connectivity index is 2.15. The van der Waals surface area contributed by atoms with E-state index < -0.39 is 9.05 Å². The Hall–Kier alpha value is -1.11. The monoisotopic (exact) mass is 375 g/mol. The number of ether oxygens (including phenoxy) is 1. The highest BCUT2D eigenvalue weighted by Crippen LogP contribution is 2.29. The summed E-state index contributed by atoms with van der Waals surface area (Å²) >= 11 is 3.26. The predicted molar refractivity (Wildman–Crippen MR) is 80.5 cm³/mol. The molecule has 1 aromatic carbocycles. The first-order valence-corrected chi connectivity index (χ1v) is 8.76. The van der Waals surface area contributed by atoms with Crippen LogP contribution in [0.1, 0.15) is 11.4 Å². The normalized spacial score (nSPS) is 11.3. The van der Waals surface area contributed by atoms with Crippen molar-refractivity contribution < 1.29 is 13.2 Å². The Labute approximate surface area is 130 Å². The van der Waals surface area contributed by atoms with E-state index >= 15 is 0 Å². The van der Waals surface area contributed by atoms with Crippen molar-refractivity contribution in [2.75, 3.05) is 0 Å². The van der Waals surface area contributed by atoms with Crippen LogP contribution in [0.3, 0.4) is 0 Å². The highest BCUT2D eigenvalue weighted by Gasteiger charge is 2.12. The van der Waals surface area contributed by atoms with E-state index in [0.717, 1.165) is 11.4 Å². The lowest BCUT2D eigenvalue weighted by molar-refractivity contribution is 0.299. The van der Waals surface area contributed by atoms with Crippen molar-refractivity contribution in [1.82, 2.24) is 4.98 Å². The summed E-state index contributed by atoms with van der Waals surface area (Å²) in [7, 11) is 1.53. The number of rotatable bonds is 4. The zero-order valence-corrected chi connectivity index (χ0v) is 13.7. The van der Waals surface area contributed by atoms with Crippen molar-refractivity contribution in [2.45, 2.75) is 18.4 Å². The number of aryl methyl sites for hydroxylation is 1. The summed E-state index contributed by atoms with van der Waals surface area (Å²) in [5.74, 6) is 0.525. The number of benzene rings is 1. The molecule has 0 fully saturated rings. The SMILES string of the molecule is Cc1cccc(COc2ccc(S(=O)(=O)Cl)cc2Br)n1. The van der Waals surface area contributed by atoms with Crippen LogP contribution in [0.2, 0.25) is 0 Å². The Morgan fingerprint density at radius 1 is 1.30 bits per heavy atom. The van der Waals surface area contributed by atoms with Gasteiger partial charge in [-0.05, 0) is 53.2 Å². The second kappa shape index (κ2) is 6.11. The van der Waals surface area contributed by atoms with Crippen molar-refractivity contribution in [3.05, 3.63) is 52.3 Å². The van der Waals surface area contributed by atoms with Crippen LogP contribution >= 0.6 is 26.6 Å². The fraction of sp³-hybridized carbons (Fsp3) is 0.154. The Kier molecular flexibility index (Phi) is 4.67. The van der Waals surface area contributed by atoms with Crippen molar-refractivity contribution in [1.29, 1.82) is 0 Å². The first-order valence-electron chi connectivity index (χ1n) is 5.66. The van der Waals surface area contributed by atoms with Crippen LogP contribution in [-0.2, 0) is 15.7 Å². The number of nitrogens with zero attached hydrogens (tertiary/aromatic N) is 1. The van der Waals surface area contributed by atoms with Gasteiger partial charge in [0, 0.05) is 16.4 Å². The van der Waals surface area contributed by atoms with Gasteiger partial charge in [-0.1, -0.05) is 6.07 Å². The lowest BCUT2D eigenvalue weighted by Gasteiger charge is -2.09. The Morgan fingerprint density at radius 2 is 2.05 bits per heavy atom. The van der Waals surface area contributed by atoms with E-state index in [9.17, 15) is 8.42 Å². The first kappa shape index (κ1) is 15.3. The van der Waals surface area contributed by atoms with Gasteiger partial charge in [-0.15, -0.1) is 0 Å². The summed E-state index contributed by atoms with van der Waals surface area (Å²) in [6.45, 7) is 2.20. The molecule has 0 aliphatic rings. The van der Waals surface area contributed by atoms with Crippen LogP contribution in [0.25, 0.3) is 0 Å². The van der Waals surface area contributed by atoms with Gasteiger partial charge in [0.2, 0.25) is 0 Å². The highest BCUT2D eigenvalue weighted by molar-refractivity contribution is 9.10. The molecule has 2 aromatic rings. The largest absolute Gasteiger partial charge is 0.486 e. The molecule has 1 heterocycles. The van der Waals surface area contributed by atoms with E-state index in [2.05, 4.69) is 20.9 Å². The summed E-state index contributed by atoms with van der Waals surface area (Å²) in [6.07, 6.45) is 0. The summed E-state index contributed by atoms with van der Waals surface area (Å²) in [5.41, 5.74) is 1.71. The van der Waals surface area contributed by atoms with Crippen LogP contribution in [0, 0.1) is 6.92 Å². The molecule has 0 spiro atoms. The second-order valence-corrected chi connectivity index (χ2v) is 7.51. The summed E-state index contributed by atoms with van der Waals surface area (Å²) in [4.78, 5) is 4.34. The van der Waals surface area contributed by atoms with E-state index in [0.29, 0.717) is 16.8 Å². The minimum atomic E-state index is -3.74. The van der Waals surface area contributed by atoms with E-state index in [1.54, 1.807) is 6.07 Å². The van der Waals surface area contributed by atoms with E-state index in [1.807, 2.05) is 25.1 Å². The molecule has 0 saturated heterocycles. The number of aromatic nitrogens is 1. The highest BCUT2D eigenvalue weighted by atomic mass is 79.9. The minimum absolute atomic E-state index is 0.0204. The molecular formula is C13H11BrClNO3S. The molecule has 0 atom stereocenters. The maximum Gasteiger partial charge on any atom is 0.261 e. The molecule has 7 heteroatoms. The minimum Gasteiger partial charge on any atom is -0.486 e. The summed E-state index contributed by atoms with van der Waals surface area (Å²) in [5, 5.41) is 0. The number of hydrogen-bond donors (Lipinski definition) is 0. The van der Waals surface area contributed by atoms with Gasteiger partial charge in [-0.2, -0.15) is 0 Å². The maximum absolute atomic E-state index is 11.2. The average molecular weight is 377 g/mol. The molecule has 0 saturated carbocycles. The molecule has 0 N–H and O–H groups in total. The maximum atomic E-state index is 11.2. The topological polar surface area (TPSA) is 56.3 Å². The molecule has 106 valence electrons. The molecule has 0 radical (unpaired) electrons.